The van der Waals surface area contributed by atoms with Crippen molar-refractivity contribution in [2.75, 3.05) is 33.2 Å². The van der Waals surface area contributed by atoms with Gasteiger partial charge in [0, 0.05) is 19.6 Å². The Morgan fingerprint density at radius 3 is 2.43 bits per heavy atom. The third kappa shape index (κ3) is 7.30. The fraction of sp³-hybridized carbons (Fsp3) is 1.00. The van der Waals surface area contributed by atoms with Crippen LogP contribution in [0.3, 0.4) is 0 Å². The summed E-state index contributed by atoms with van der Waals surface area (Å²) in [7, 11) is 1.96. The van der Waals surface area contributed by atoms with Crippen LogP contribution in [0.25, 0.3) is 0 Å². The molecule has 1 atom stereocenters. The van der Waals surface area contributed by atoms with E-state index in [1.54, 1.807) is 0 Å². The second-order valence-corrected chi connectivity index (χ2v) is 4.28. The fourth-order valence-electron chi connectivity index (χ4n) is 1.57. The molecular weight excluding hydrogens is 176 g/mol. The Balaban J connectivity index is 3.68. The quantitative estimate of drug-likeness (QED) is 0.615. The number of aliphatic hydroxyl groups is 1. The lowest BCUT2D eigenvalue weighted by atomic mass is 10.1. The van der Waals surface area contributed by atoms with Crippen LogP contribution in [0.15, 0.2) is 0 Å². The highest BCUT2D eigenvalue weighted by Crippen LogP contribution is 2.05. The molecule has 1 unspecified atom stereocenters. The fourth-order valence-corrected chi connectivity index (χ4v) is 1.57. The van der Waals surface area contributed by atoms with Gasteiger partial charge in [-0.3, -0.25) is 4.90 Å². The summed E-state index contributed by atoms with van der Waals surface area (Å²) in [5, 5.41) is 12.9. The third-order valence-electron chi connectivity index (χ3n) is 2.34. The van der Waals surface area contributed by atoms with Gasteiger partial charge in [-0.1, -0.05) is 20.8 Å². The average molecular weight is 202 g/mol. The largest absolute Gasteiger partial charge is 0.392 e. The minimum Gasteiger partial charge on any atom is -0.392 e. The van der Waals surface area contributed by atoms with E-state index in [1.165, 1.54) is 0 Å². The maximum absolute atomic E-state index is 9.76. The molecule has 86 valence electrons. The summed E-state index contributed by atoms with van der Waals surface area (Å²) in [4.78, 5) is 2.28. The summed E-state index contributed by atoms with van der Waals surface area (Å²) in [6.45, 7) is 10.2. The Morgan fingerprint density at radius 2 is 2.00 bits per heavy atom. The predicted octanol–water partition coefficient (Wildman–Crippen LogP) is 0.935. The van der Waals surface area contributed by atoms with Crippen molar-refractivity contribution in [3.63, 3.8) is 0 Å². The number of hydrogen-bond acceptors (Lipinski definition) is 3. The summed E-state index contributed by atoms with van der Waals surface area (Å²) in [6, 6.07) is 0. The Morgan fingerprint density at radius 1 is 1.36 bits per heavy atom. The van der Waals surface area contributed by atoms with Gasteiger partial charge >= 0.3 is 0 Å². The van der Waals surface area contributed by atoms with E-state index < -0.39 is 0 Å². The molecular formula is C11H26N2O. The van der Waals surface area contributed by atoms with Gasteiger partial charge in [0.05, 0.1) is 6.10 Å². The van der Waals surface area contributed by atoms with Crippen LogP contribution in [0, 0.1) is 5.92 Å². The maximum atomic E-state index is 9.76. The monoisotopic (exact) mass is 202 g/mol. The van der Waals surface area contributed by atoms with Crippen LogP contribution >= 0.6 is 0 Å². The summed E-state index contributed by atoms with van der Waals surface area (Å²) in [5.74, 6) is 0.577. The van der Waals surface area contributed by atoms with Crippen LogP contribution in [0.1, 0.15) is 27.2 Å². The molecule has 0 aromatic rings. The molecule has 0 aromatic carbocycles. The molecule has 3 nitrogen and oxygen atoms in total. The van der Waals surface area contributed by atoms with Crippen LogP contribution in [-0.2, 0) is 0 Å². The number of nitrogens with one attached hydrogen (secondary N) is 1. The Kier molecular flexibility index (Phi) is 8.14. The van der Waals surface area contributed by atoms with E-state index >= 15 is 0 Å². The van der Waals surface area contributed by atoms with Crippen molar-refractivity contribution in [2.45, 2.75) is 33.3 Å². The SMILES string of the molecule is CCN(CCNC)CC(O)CC(C)C. The van der Waals surface area contributed by atoms with E-state index in [0.717, 1.165) is 32.6 Å². The number of hydrogen-bond donors (Lipinski definition) is 2. The van der Waals surface area contributed by atoms with Crippen molar-refractivity contribution < 1.29 is 5.11 Å². The Hall–Kier alpha value is -0.120. The van der Waals surface area contributed by atoms with Crippen LogP contribution in [0.2, 0.25) is 0 Å². The second-order valence-electron chi connectivity index (χ2n) is 4.28. The molecule has 0 saturated carbocycles. The average Bonchev–Trinajstić information content (AvgIpc) is 2.10. The molecule has 2 N–H and O–H groups in total. The van der Waals surface area contributed by atoms with Gasteiger partial charge in [-0.2, -0.15) is 0 Å². The molecule has 0 rings (SSSR count). The molecule has 0 aliphatic rings. The zero-order valence-corrected chi connectivity index (χ0v) is 10.1. The highest BCUT2D eigenvalue weighted by Gasteiger charge is 2.11. The maximum Gasteiger partial charge on any atom is 0.0669 e. The first kappa shape index (κ1) is 13.9. The lowest BCUT2D eigenvalue weighted by Crippen LogP contribution is -2.37. The summed E-state index contributed by atoms with van der Waals surface area (Å²) >= 11 is 0. The van der Waals surface area contributed by atoms with Crippen molar-refractivity contribution in [1.82, 2.24) is 10.2 Å². The number of likely N-dealkylation sites (N-methyl/N-ethyl adjacent to an activating group) is 2. The number of rotatable bonds is 8. The van der Waals surface area contributed by atoms with E-state index in [4.69, 9.17) is 0 Å². The molecule has 0 aliphatic heterocycles. The van der Waals surface area contributed by atoms with Crippen molar-refractivity contribution >= 4 is 0 Å². The van der Waals surface area contributed by atoms with E-state index in [0.29, 0.717) is 5.92 Å². The smallest absolute Gasteiger partial charge is 0.0669 e. The molecule has 0 heterocycles. The van der Waals surface area contributed by atoms with Gasteiger partial charge in [0.1, 0.15) is 0 Å². The zero-order valence-electron chi connectivity index (χ0n) is 10.1. The molecule has 3 heteroatoms. The molecule has 0 spiro atoms. The molecule has 14 heavy (non-hydrogen) atoms. The molecule has 0 radical (unpaired) electrons. The minimum absolute atomic E-state index is 0.174. The highest BCUT2D eigenvalue weighted by atomic mass is 16.3. The topological polar surface area (TPSA) is 35.5 Å². The first-order chi connectivity index (χ1) is 6.60. The van der Waals surface area contributed by atoms with Crippen molar-refractivity contribution in [3.05, 3.63) is 0 Å². The predicted molar refractivity (Wildman–Crippen MR) is 61.5 cm³/mol. The van der Waals surface area contributed by atoms with Gasteiger partial charge in [0.25, 0.3) is 0 Å². The van der Waals surface area contributed by atoms with E-state index in [1.807, 2.05) is 7.05 Å². The Bertz CT molecular complexity index is 128. The van der Waals surface area contributed by atoms with Gasteiger partial charge < -0.3 is 10.4 Å². The number of nitrogens with zero attached hydrogens (tertiary/aromatic N) is 1. The summed E-state index contributed by atoms with van der Waals surface area (Å²) in [6.07, 6.45) is 0.725. The first-order valence-corrected chi connectivity index (χ1v) is 5.65. The van der Waals surface area contributed by atoms with E-state index in [9.17, 15) is 5.11 Å². The molecule has 0 aromatic heterocycles. The van der Waals surface area contributed by atoms with Gasteiger partial charge in [0.2, 0.25) is 0 Å². The molecule has 0 fully saturated rings. The molecule has 0 saturated heterocycles. The van der Waals surface area contributed by atoms with Gasteiger partial charge in [-0.25, -0.2) is 0 Å². The van der Waals surface area contributed by atoms with E-state index in [-0.39, 0.29) is 6.10 Å². The van der Waals surface area contributed by atoms with Crippen LogP contribution in [-0.4, -0.2) is 49.3 Å². The zero-order chi connectivity index (χ0) is 11.0. The normalized spacial score (nSPS) is 13.9. The number of aliphatic hydroxyl groups excluding tert-OH is 1. The standard InChI is InChI=1S/C11H26N2O/c1-5-13(7-6-12-4)9-11(14)8-10(2)3/h10-12,14H,5-9H2,1-4H3. The van der Waals surface area contributed by atoms with Gasteiger partial charge in [-0.15, -0.1) is 0 Å². The minimum atomic E-state index is -0.174. The van der Waals surface area contributed by atoms with Gasteiger partial charge in [0.15, 0.2) is 0 Å². The molecule has 0 amide bonds. The lowest BCUT2D eigenvalue weighted by Gasteiger charge is -2.24. The van der Waals surface area contributed by atoms with Crippen LogP contribution in [0.4, 0.5) is 0 Å². The molecule has 0 bridgehead atoms. The first-order valence-electron chi connectivity index (χ1n) is 5.65. The third-order valence-corrected chi connectivity index (χ3v) is 2.34. The second kappa shape index (κ2) is 8.21. The summed E-state index contributed by atoms with van der Waals surface area (Å²) in [5.41, 5.74) is 0. The summed E-state index contributed by atoms with van der Waals surface area (Å²) < 4.78 is 0. The Labute approximate surface area is 88.5 Å². The van der Waals surface area contributed by atoms with Crippen molar-refractivity contribution in [1.29, 1.82) is 0 Å². The van der Waals surface area contributed by atoms with Crippen molar-refractivity contribution in [3.8, 4) is 0 Å². The van der Waals surface area contributed by atoms with Crippen LogP contribution in [0.5, 0.6) is 0 Å². The van der Waals surface area contributed by atoms with Crippen molar-refractivity contribution in [2.24, 2.45) is 5.92 Å². The van der Waals surface area contributed by atoms with E-state index in [2.05, 4.69) is 31.0 Å². The van der Waals surface area contributed by atoms with Crippen LogP contribution < -0.4 is 5.32 Å². The highest BCUT2D eigenvalue weighted by molar-refractivity contribution is 4.65. The lowest BCUT2D eigenvalue weighted by molar-refractivity contribution is 0.0977. The molecule has 0 aliphatic carbocycles. The van der Waals surface area contributed by atoms with Gasteiger partial charge in [-0.05, 0) is 25.9 Å².